The molecule has 0 amide bonds. The molecule has 0 aromatic carbocycles. The van der Waals surface area contributed by atoms with Gasteiger partial charge in [-0.1, -0.05) is 18.5 Å². The monoisotopic (exact) mass is 230 g/mol. The fraction of sp³-hybridized carbons (Fsp3) is 0.600. The van der Waals surface area contributed by atoms with Gasteiger partial charge in [-0.3, -0.25) is 9.48 Å². The average molecular weight is 231 g/mol. The second-order valence-corrected chi connectivity index (χ2v) is 3.71. The summed E-state index contributed by atoms with van der Waals surface area (Å²) in [5.41, 5.74) is 0.438. The van der Waals surface area contributed by atoms with Crippen LogP contribution < -0.4 is 0 Å². The molecule has 4 nitrogen and oxygen atoms in total. The maximum atomic E-state index is 11.9. The van der Waals surface area contributed by atoms with Crippen LogP contribution >= 0.6 is 11.6 Å². The van der Waals surface area contributed by atoms with Gasteiger partial charge in [0.05, 0.1) is 11.2 Å². The molecule has 84 valence electrons. The second-order valence-electron chi connectivity index (χ2n) is 3.31. The van der Waals surface area contributed by atoms with Gasteiger partial charge in [0, 0.05) is 13.7 Å². The number of hydrogen-bond donors (Lipinski definition) is 0. The molecule has 1 atom stereocenters. The summed E-state index contributed by atoms with van der Waals surface area (Å²) in [6.45, 7) is 4.40. The third-order valence-corrected chi connectivity index (χ3v) is 2.46. The topological polar surface area (TPSA) is 44.1 Å². The third-order valence-electron chi connectivity index (χ3n) is 2.19. The quantitative estimate of drug-likeness (QED) is 0.729. The van der Waals surface area contributed by atoms with Gasteiger partial charge in [-0.15, -0.1) is 0 Å². The Kier molecular flexibility index (Phi) is 4.29. The zero-order chi connectivity index (χ0) is 11.4. The van der Waals surface area contributed by atoms with Gasteiger partial charge in [0.25, 0.3) is 0 Å². The molecule has 0 radical (unpaired) electrons. The number of nitrogens with zero attached hydrogens (tertiary/aromatic N) is 2. The first-order valence-corrected chi connectivity index (χ1v) is 5.27. The van der Waals surface area contributed by atoms with E-state index in [0.29, 0.717) is 17.3 Å². The van der Waals surface area contributed by atoms with E-state index in [9.17, 15) is 4.79 Å². The largest absolute Gasteiger partial charge is 0.374 e. The number of aromatic nitrogens is 2. The number of methoxy groups -OCH3 is 1. The number of aryl methyl sites for hydroxylation is 1. The average Bonchev–Trinajstić information content (AvgIpc) is 2.58. The molecular formula is C10H15ClN2O2. The molecule has 1 rings (SSSR count). The van der Waals surface area contributed by atoms with Gasteiger partial charge >= 0.3 is 0 Å². The van der Waals surface area contributed by atoms with Gasteiger partial charge in [0.15, 0.2) is 0 Å². The highest BCUT2D eigenvalue weighted by Crippen LogP contribution is 2.18. The summed E-state index contributed by atoms with van der Waals surface area (Å²) >= 11 is 5.92. The zero-order valence-corrected chi connectivity index (χ0v) is 9.91. The fourth-order valence-corrected chi connectivity index (χ4v) is 1.52. The van der Waals surface area contributed by atoms with Crippen LogP contribution in [0.15, 0.2) is 6.20 Å². The number of rotatable bonds is 5. The number of carbonyl (C=O) groups excluding carboxylic acids is 1. The van der Waals surface area contributed by atoms with Crippen molar-refractivity contribution in [2.45, 2.75) is 32.9 Å². The molecule has 1 aromatic heterocycles. The van der Waals surface area contributed by atoms with Crippen molar-refractivity contribution in [2.75, 3.05) is 7.11 Å². The van der Waals surface area contributed by atoms with Crippen molar-refractivity contribution in [2.24, 2.45) is 0 Å². The predicted molar refractivity (Wildman–Crippen MR) is 58.3 cm³/mol. The van der Waals surface area contributed by atoms with E-state index in [1.54, 1.807) is 11.6 Å². The number of ketones is 1. The second kappa shape index (κ2) is 5.28. The minimum atomic E-state index is -0.491. The van der Waals surface area contributed by atoms with Crippen LogP contribution in [0, 0.1) is 0 Å². The van der Waals surface area contributed by atoms with Crippen molar-refractivity contribution in [3.05, 3.63) is 16.9 Å². The Morgan fingerprint density at radius 3 is 2.93 bits per heavy atom. The van der Waals surface area contributed by atoms with Crippen LogP contribution in [0.25, 0.3) is 0 Å². The highest BCUT2D eigenvalue weighted by molar-refractivity contribution is 6.33. The Bertz CT molecular complexity index is 349. The van der Waals surface area contributed by atoms with Crippen molar-refractivity contribution < 1.29 is 9.53 Å². The highest BCUT2D eigenvalue weighted by Gasteiger charge is 2.22. The number of Topliss-reactive ketones (excluding diaryl/α,β-unsaturated/α-hetero) is 1. The summed E-state index contributed by atoms with van der Waals surface area (Å²) in [5.74, 6) is -0.131. The smallest absolute Gasteiger partial charge is 0.210 e. The van der Waals surface area contributed by atoms with Gasteiger partial charge in [-0.25, -0.2) is 0 Å². The Labute approximate surface area is 94.2 Å². The molecule has 1 unspecified atom stereocenters. The van der Waals surface area contributed by atoms with Crippen LogP contribution in [0.4, 0.5) is 0 Å². The van der Waals surface area contributed by atoms with Gasteiger partial charge in [0.1, 0.15) is 11.8 Å². The highest BCUT2D eigenvalue weighted by atomic mass is 35.5. The van der Waals surface area contributed by atoms with E-state index < -0.39 is 6.10 Å². The first-order valence-electron chi connectivity index (χ1n) is 4.90. The van der Waals surface area contributed by atoms with E-state index in [1.807, 2.05) is 6.92 Å². The van der Waals surface area contributed by atoms with Crippen molar-refractivity contribution in [3.63, 3.8) is 0 Å². The molecule has 1 aromatic rings. The van der Waals surface area contributed by atoms with Crippen LogP contribution in [0.2, 0.25) is 5.02 Å². The van der Waals surface area contributed by atoms with Crippen molar-refractivity contribution in [1.82, 2.24) is 9.78 Å². The molecule has 0 N–H and O–H groups in total. The van der Waals surface area contributed by atoms with Crippen molar-refractivity contribution in [3.8, 4) is 0 Å². The number of carbonyl (C=O) groups is 1. The molecule has 1 heterocycles. The molecule has 5 heteroatoms. The summed E-state index contributed by atoms with van der Waals surface area (Å²) in [7, 11) is 1.50. The lowest BCUT2D eigenvalue weighted by Crippen LogP contribution is -2.23. The minimum Gasteiger partial charge on any atom is -0.374 e. The Hall–Kier alpha value is -0.870. The molecule has 0 fully saturated rings. The van der Waals surface area contributed by atoms with Crippen LogP contribution in [0.5, 0.6) is 0 Å². The van der Waals surface area contributed by atoms with E-state index in [1.165, 1.54) is 13.3 Å². The molecule has 0 bridgehead atoms. The number of hydrogen-bond acceptors (Lipinski definition) is 3. The fourth-order valence-electron chi connectivity index (χ4n) is 1.29. The molecule has 0 aliphatic carbocycles. The lowest BCUT2D eigenvalue weighted by atomic mass is 10.2. The van der Waals surface area contributed by atoms with E-state index in [2.05, 4.69) is 5.10 Å². The normalized spacial score (nSPS) is 12.8. The standard InChI is InChI=1S/C10H15ClN2O2/c1-4-5-13-9(8(11)6-12-13)10(14)7(2)15-3/h6-7H,4-5H2,1-3H3. The lowest BCUT2D eigenvalue weighted by molar-refractivity contribution is 0.0644. The number of ether oxygens (including phenoxy) is 1. The zero-order valence-electron chi connectivity index (χ0n) is 9.16. The maximum absolute atomic E-state index is 11.9. The van der Waals surface area contributed by atoms with Gasteiger partial charge < -0.3 is 4.74 Å². The van der Waals surface area contributed by atoms with Crippen molar-refractivity contribution in [1.29, 1.82) is 0 Å². The lowest BCUT2D eigenvalue weighted by Gasteiger charge is -2.10. The molecule has 0 aliphatic rings. The van der Waals surface area contributed by atoms with E-state index in [4.69, 9.17) is 16.3 Å². The van der Waals surface area contributed by atoms with Gasteiger partial charge in [0.2, 0.25) is 5.78 Å². The summed E-state index contributed by atoms with van der Waals surface area (Å²) in [6, 6.07) is 0. The summed E-state index contributed by atoms with van der Waals surface area (Å²) in [6.07, 6.45) is 1.90. The Morgan fingerprint density at radius 1 is 1.73 bits per heavy atom. The molecule has 0 saturated heterocycles. The van der Waals surface area contributed by atoms with Crippen LogP contribution in [0.1, 0.15) is 30.8 Å². The molecular weight excluding hydrogens is 216 g/mol. The molecule has 15 heavy (non-hydrogen) atoms. The van der Waals surface area contributed by atoms with Crippen molar-refractivity contribution >= 4 is 17.4 Å². The Morgan fingerprint density at radius 2 is 2.40 bits per heavy atom. The van der Waals surface area contributed by atoms with E-state index in [-0.39, 0.29) is 5.78 Å². The Balaban J connectivity index is 3.00. The summed E-state index contributed by atoms with van der Waals surface area (Å²) in [4.78, 5) is 11.9. The first-order chi connectivity index (χ1) is 7.11. The minimum absolute atomic E-state index is 0.131. The van der Waals surface area contributed by atoms with Crippen LogP contribution in [0.3, 0.4) is 0 Å². The molecule has 0 aliphatic heterocycles. The van der Waals surface area contributed by atoms with Crippen LogP contribution in [-0.4, -0.2) is 28.8 Å². The molecule has 0 saturated carbocycles. The maximum Gasteiger partial charge on any atom is 0.210 e. The molecule has 0 spiro atoms. The predicted octanol–water partition coefficient (Wildman–Crippen LogP) is 2.16. The van der Waals surface area contributed by atoms with Crippen LogP contribution in [-0.2, 0) is 11.3 Å². The van der Waals surface area contributed by atoms with Gasteiger partial charge in [-0.05, 0) is 13.3 Å². The van der Waals surface area contributed by atoms with E-state index >= 15 is 0 Å². The number of halogens is 1. The van der Waals surface area contributed by atoms with Gasteiger partial charge in [-0.2, -0.15) is 5.10 Å². The summed E-state index contributed by atoms with van der Waals surface area (Å²) < 4.78 is 6.60. The van der Waals surface area contributed by atoms with E-state index in [0.717, 1.165) is 6.42 Å². The SMILES string of the molecule is CCCn1ncc(Cl)c1C(=O)C(C)OC. The summed E-state index contributed by atoms with van der Waals surface area (Å²) in [5, 5.41) is 4.44. The first kappa shape index (κ1) is 12.2. The third kappa shape index (κ3) is 2.58.